The van der Waals surface area contributed by atoms with E-state index >= 15 is 0 Å². The Kier molecular flexibility index (Phi) is 4.42. The van der Waals surface area contributed by atoms with Crippen molar-refractivity contribution in [3.05, 3.63) is 28.3 Å². The number of halogens is 2. The molecule has 5 heteroatoms. The van der Waals surface area contributed by atoms with Crippen LogP contribution in [-0.2, 0) is 16.5 Å². The van der Waals surface area contributed by atoms with Crippen LogP contribution in [0.15, 0.2) is 12.1 Å². The van der Waals surface area contributed by atoms with Crippen molar-refractivity contribution in [2.24, 2.45) is 0 Å². The molecule has 0 spiro atoms. The summed E-state index contributed by atoms with van der Waals surface area (Å²) in [5, 5.41) is 9.76. The smallest absolute Gasteiger partial charge is 0.308 e. The number of rotatable bonds is 4. The van der Waals surface area contributed by atoms with E-state index in [2.05, 4.69) is 15.9 Å². The molecule has 0 saturated carbocycles. The summed E-state index contributed by atoms with van der Waals surface area (Å²) in [6.07, 6.45) is -0.136. The highest BCUT2D eigenvalue weighted by atomic mass is 79.9. The molecule has 0 atom stereocenters. The summed E-state index contributed by atoms with van der Waals surface area (Å²) < 4.78 is 5.17. The van der Waals surface area contributed by atoms with E-state index in [0.29, 0.717) is 21.7 Å². The second-order valence-electron chi connectivity index (χ2n) is 2.92. The van der Waals surface area contributed by atoms with Crippen molar-refractivity contribution in [2.75, 3.05) is 7.11 Å². The maximum Gasteiger partial charge on any atom is 0.308 e. The molecule has 3 nitrogen and oxygen atoms in total. The van der Waals surface area contributed by atoms with Crippen molar-refractivity contribution >= 4 is 33.5 Å². The number of benzene rings is 1. The van der Waals surface area contributed by atoms with Crippen LogP contribution < -0.4 is 4.74 Å². The van der Waals surface area contributed by atoms with Gasteiger partial charge in [-0.05, 0) is 6.07 Å². The Morgan fingerprint density at radius 3 is 2.73 bits per heavy atom. The molecule has 1 rings (SSSR count). The number of hydrogen-bond acceptors (Lipinski definition) is 2. The summed E-state index contributed by atoms with van der Waals surface area (Å²) in [5.74, 6) is -0.385. The largest absolute Gasteiger partial charge is 0.496 e. The van der Waals surface area contributed by atoms with E-state index in [9.17, 15) is 4.79 Å². The van der Waals surface area contributed by atoms with Crippen molar-refractivity contribution < 1.29 is 14.6 Å². The molecule has 0 fully saturated rings. The summed E-state index contributed by atoms with van der Waals surface area (Å²) in [5.41, 5.74) is 1.40. The molecule has 15 heavy (non-hydrogen) atoms. The first-order valence-corrected chi connectivity index (χ1v) is 5.72. The molecule has 0 heterocycles. The monoisotopic (exact) mass is 292 g/mol. The number of carbonyl (C=O) groups is 1. The van der Waals surface area contributed by atoms with Gasteiger partial charge in [0, 0.05) is 21.5 Å². The third-order valence-electron chi connectivity index (χ3n) is 1.96. The van der Waals surface area contributed by atoms with Crippen molar-refractivity contribution in [3.8, 4) is 5.75 Å². The predicted octanol–water partition coefficient (Wildman–Crippen LogP) is 2.87. The molecule has 1 N–H and O–H groups in total. The highest BCUT2D eigenvalue weighted by molar-refractivity contribution is 9.08. The highest BCUT2D eigenvalue weighted by Gasteiger charge is 2.15. The van der Waals surface area contributed by atoms with Crippen molar-refractivity contribution in [2.45, 2.75) is 11.8 Å². The predicted molar refractivity (Wildman–Crippen MR) is 62.0 cm³/mol. The van der Waals surface area contributed by atoms with Crippen molar-refractivity contribution in [1.29, 1.82) is 0 Å². The van der Waals surface area contributed by atoms with Crippen LogP contribution in [0, 0.1) is 0 Å². The number of carboxylic acid groups (broad SMARTS) is 1. The van der Waals surface area contributed by atoms with Crippen molar-refractivity contribution in [3.63, 3.8) is 0 Å². The number of alkyl halides is 1. The fourth-order valence-electron chi connectivity index (χ4n) is 1.33. The van der Waals surface area contributed by atoms with E-state index < -0.39 is 5.97 Å². The van der Waals surface area contributed by atoms with Gasteiger partial charge in [0.25, 0.3) is 0 Å². The van der Waals surface area contributed by atoms with E-state index in [0.717, 1.165) is 5.56 Å². The van der Waals surface area contributed by atoms with Crippen LogP contribution in [0.2, 0.25) is 5.02 Å². The zero-order chi connectivity index (χ0) is 11.4. The van der Waals surface area contributed by atoms with Crippen molar-refractivity contribution in [1.82, 2.24) is 0 Å². The minimum atomic E-state index is -0.929. The number of methoxy groups -OCH3 is 1. The molecule has 82 valence electrons. The normalized spacial score (nSPS) is 10.1. The quantitative estimate of drug-likeness (QED) is 0.868. The standard InChI is InChI=1S/C10H10BrClO3/c1-15-10-6(5-11)2-3-8(12)7(10)4-9(13)14/h2-3H,4-5H2,1H3,(H,13,14). The Morgan fingerprint density at radius 2 is 2.27 bits per heavy atom. The lowest BCUT2D eigenvalue weighted by Gasteiger charge is -2.12. The zero-order valence-corrected chi connectivity index (χ0v) is 10.4. The number of carboxylic acids is 1. The van der Waals surface area contributed by atoms with Crippen LogP contribution in [0.4, 0.5) is 0 Å². The molecule has 0 aliphatic carbocycles. The van der Waals surface area contributed by atoms with Gasteiger partial charge in [0.1, 0.15) is 5.75 Å². The lowest BCUT2D eigenvalue weighted by atomic mass is 10.1. The average molecular weight is 294 g/mol. The average Bonchev–Trinajstić information content (AvgIpc) is 2.20. The maximum absolute atomic E-state index is 10.7. The van der Waals surface area contributed by atoms with Crippen LogP contribution in [0.25, 0.3) is 0 Å². The van der Waals surface area contributed by atoms with Crippen LogP contribution >= 0.6 is 27.5 Å². The van der Waals surface area contributed by atoms with Gasteiger partial charge in [0.05, 0.1) is 13.5 Å². The van der Waals surface area contributed by atoms with Gasteiger partial charge >= 0.3 is 5.97 Å². The van der Waals surface area contributed by atoms with Gasteiger partial charge in [0.2, 0.25) is 0 Å². The molecular formula is C10H10BrClO3. The molecule has 0 amide bonds. The number of aliphatic carboxylic acids is 1. The van der Waals surface area contributed by atoms with Gasteiger partial charge in [-0.15, -0.1) is 0 Å². The second-order valence-corrected chi connectivity index (χ2v) is 3.89. The summed E-state index contributed by atoms with van der Waals surface area (Å²) in [4.78, 5) is 10.7. The van der Waals surface area contributed by atoms with E-state index in [1.165, 1.54) is 7.11 Å². The first kappa shape index (κ1) is 12.3. The Hall–Kier alpha value is -0.740. The van der Waals surface area contributed by atoms with E-state index in [-0.39, 0.29) is 6.42 Å². The third-order valence-corrected chi connectivity index (χ3v) is 2.92. The molecule has 0 aliphatic heterocycles. The first-order chi connectivity index (χ1) is 7.10. The molecule has 0 bridgehead atoms. The van der Waals surface area contributed by atoms with E-state index in [1.54, 1.807) is 12.1 Å². The Bertz CT molecular complexity index is 379. The summed E-state index contributed by atoms with van der Waals surface area (Å²) >= 11 is 9.23. The molecule has 0 saturated heterocycles. The maximum atomic E-state index is 10.7. The van der Waals surface area contributed by atoms with Gasteiger partial charge in [-0.3, -0.25) is 4.79 Å². The van der Waals surface area contributed by atoms with Gasteiger partial charge in [0.15, 0.2) is 0 Å². The Morgan fingerprint density at radius 1 is 1.60 bits per heavy atom. The molecule has 1 aromatic carbocycles. The van der Waals surface area contributed by atoms with Crippen LogP contribution in [-0.4, -0.2) is 18.2 Å². The summed E-state index contributed by atoms with van der Waals surface area (Å²) in [6, 6.07) is 3.49. The Balaban J connectivity index is 3.25. The van der Waals surface area contributed by atoms with Gasteiger partial charge in [-0.2, -0.15) is 0 Å². The molecule has 0 aliphatic rings. The first-order valence-electron chi connectivity index (χ1n) is 4.22. The molecular weight excluding hydrogens is 283 g/mol. The topological polar surface area (TPSA) is 46.5 Å². The Labute approximate surface area is 101 Å². The van der Waals surface area contributed by atoms with Gasteiger partial charge in [-0.1, -0.05) is 33.6 Å². The van der Waals surface area contributed by atoms with Gasteiger partial charge < -0.3 is 9.84 Å². The van der Waals surface area contributed by atoms with E-state index in [4.69, 9.17) is 21.4 Å². The fourth-order valence-corrected chi connectivity index (χ4v) is 1.98. The minimum absolute atomic E-state index is 0.136. The SMILES string of the molecule is COc1c(CBr)ccc(Cl)c1CC(=O)O. The lowest BCUT2D eigenvalue weighted by molar-refractivity contribution is -0.136. The molecule has 1 aromatic rings. The van der Waals surface area contributed by atoms with Crippen LogP contribution in [0.5, 0.6) is 5.75 Å². The van der Waals surface area contributed by atoms with Crippen LogP contribution in [0.1, 0.15) is 11.1 Å². The number of ether oxygens (including phenoxy) is 1. The molecule has 0 radical (unpaired) electrons. The lowest BCUT2D eigenvalue weighted by Crippen LogP contribution is -2.04. The summed E-state index contributed by atoms with van der Waals surface area (Å²) in [7, 11) is 1.50. The minimum Gasteiger partial charge on any atom is -0.496 e. The highest BCUT2D eigenvalue weighted by Crippen LogP contribution is 2.32. The summed E-state index contributed by atoms with van der Waals surface area (Å²) in [6.45, 7) is 0. The van der Waals surface area contributed by atoms with E-state index in [1.807, 2.05) is 0 Å². The van der Waals surface area contributed by atoms with Gasteiger partial charge in [-0.25, -0.2) is 0 Å². The van der Waals surface area contributed by atoms with Crippen LogP contribution in [0.3, 0.4) is 0 Å². The molecule has 0 aromatic heterocycles. The zero-order valence-electron chi connectivity index (χ0n) is 8.09. The third kappa shape index (κ3) is 2.86. The second kappa shape index (κ2) is 5.37. The molecule has 0 unspecified atom stereocenters. The fraction of sp³-hybridized carbons (Fsp3) is 0.300. The number of hydrogen-bond donors (Lipinski definition) is 1.